The topological polar surface area (TPSA) is 0 Å². The summed E-state index contributed by atoms with van der Waals surface area (Å²) in [6.45, 7) is 64.9. The average molecular weight is 687 g/mol. The maximum Gasteiger partial charge on any atom is -0.0168 e. The van der Waals surface area contributed by atoms with Crippen LogP contribution >= 0.6 is 0 Å². The summed E-state index contributed by atoms with van der Waals surface area (Å²) in [5.41, 5.74) is 13.1. The van der Waals surface area contributed by atoms with Crippen LogP contribution in [0.1, 0.15) is 207 Å². The van der Waals surface area contributed by atoms with Crippen molar-refractivity contribution in [3.8, 4) is 0 Å². The van der Waals surface area contributed by atoms with Crippen LogP contribution in [-0.4, -0.2) is 0 Å². The lowest BCUT2D eigenvalue weighted by Crippen LogP contribution is -2.15. The standard InChI is InChI=1S/C11H22.2C10H20.2C9H18/c1-8(2)10(9(3)4)11(5,6)7;1-7-9(8(2)3)10(4,5)6;1-7(2)10(8(3)4)9(5)6;2*1-6-9(7(2)3)8(4)5/h8H,1-7H3;2*7-8H,1-6H3;7H,6H2,1-5H3;6-8H,1-5H3/b;9-7-;;;. The molecule has 0 amide bonds. The van der Waals surface area contributed by atoms with Gasteiger partial charge in [-0.25, -0.2) is 0 Å². The van der Waals surface area contributed by atoms with Gasteiger partial charge in [-0.3, -0.25) is 0 Å². The van der Waals surface area contributed by atoms with Gasteiger partial charge in [0.25, 0.3) is 0 Å². The van der Waals surface area contributed by atoms with Gasteiger partial charge in [0.1, 0.15) is 0 Å². The van der Waals surface area contributed by atoms with Gasteiger partial charge < -0.3 is 0 Å². The molecule has 49 heavy (non-hydrogen) atoms. The van der Waals surface area contributed by atoms with E-state index in [0.717, 1.165) is 17.8 Å². The van der Waals surface area contributed by atoms with E-state index in [0.29, 0.717) is 34.5 Å². The predicted octanol–water partition coefficient (Wildman–Crippen LogP) is 17.9. The van der Waals surface area contributed by atoms with Crippen LogP contribution in [0.25, 0.3) is 0 Å². The van der Waals surface area contributed by atoms with Crippen molar-refractivity contribution in [1.82, 2.24) is 0 Å². The molecule has 0 radical (unpaired) electrons. The Bertz CT molecular complexity index is 957. The molecule has 0 saturated carbocycles. The molecule has 0 spiro atoms. The summed E-state index contributed by atoms with van der Waals surface area (Å²) in [4.78, 5) is 0. The first-order chi connectivity index (χ1) is 21.8. The van der Waals surface area contributed by atoms with Gasteiger partial charge in [-0.1, -0.05) is 202 Å². The van der Waals surface area contributed by atoms with E-state index in [1.807, 2.05) is 0 Å². The van der Waals surface area contributed by atoms with Crippen molar-refractivity contribution in [2.24, 2.45) is 52.3 Å². The molecular formula is C49H98. The molecule has 0 aromatic heterocycles. The molecule has 0 unspecified atom stereocenters. The minimum absolute atomic E-state index is 0.340. The molecule has 0 aromatic rings. The SMILES string of the molecule is C/C=C(/C(C)C)C(C)(C)C.CC(C)=C(C(C)C)C(C)(C)C.CC(C)=C(C(C)C)C(C)C.CC=C(C(C)C)C(C)C.CCC(=C(C)C)C(C)C. The van der Waals surface area contributed by atoms with Crippen LogP contribution in [0, 0.1) is 52.3 Å². The average Bonchev–Trinajstić information content (AvgIpc) is 2.82. The Labute approximate surface area is 315 Å². The Morgan fingerprint density at radius 1 is 0.429 bits per heavy atom. The molecule has 0 aliphatic carbocycles. The zero-order chi connectivity index (χ0) is 40.8. The third kappa shape index (κ3) is 29.0. The summed E-state index contributed by atoms with van der Waals surface area (Å²) in [6.07, 6.45) is 5.68. The molecule has 0 saturated heterocycles. The number of rotatable bonds is 8. The van der Waals surface area contributed by atoms with Crippen LogP contribution in [0.4, 0.5) is 0 Å². The Morgan fingerprint density at radius 2 is 0.796 bits per heavy atom. The minimum atomic E-state index is 0.340. The first kappa shape index (κ1) is 57.1. The number of hydrogen-bond acceptors (Lipinski definition) is 0. The van der Waals surface area contributed by atoms with Crippen molar-refractivity contribution in [3.05, 3.63) is 56.7 Å². The van der Waals surface area contributed by atoms with E-state index in [-0.39, 0.29) is 0 Å². The van der Waals surface area contributed by atoms with E-state index in [1.54, 1.807) is 27.9 Å². The molecule has 0 nitrogen and oxygen atoms in total. The first-order valence-corrected chi connectivity index (χ1v) is 20.1. The van der Waals surface area contributed by atoms with E-state index >= 15 is 0 Å². The normalized spacial score (nSPS) is 11.6. The third-order valence-corrected chi connectivity index (χ3v) is 8.93. The molecule has 0 fully saturated rings. The van der Waals surface area contributed by atoms with Gasteiger partial charge in [0.15, 0.2) is 0 Å². The summed E-state index contributed by atoms with van der Waals surface area (Å²) in [5.74, 6) is 4.96. The fourth-order valence-corrected chi connectivity index (χ4v) is 8.32. The van der Waals surface area contributed by atoms with Crippen molar-refractivity contribution >= 4 is 0 Å². The van der Waals surface area contributed by atoms with E-state index in [9.17, 15) is 0 Å². The Hall–Kier alpha value is -1.30. The van der Waals surface area contributed by atoms with Crippen LogP contribution < -0.4 is 0 Å². The molecule has 0 aliphatic rings. The van der Waals surface area contributed by atoms with Crippen LogP contribution in [0.3, 0.4) is 0 Å². The predicted molar refractivity (Wildman–Crippen MR) is 236 cm³/mol. The second-order valence-electron chi connectivity index (χ2n) is 18.9. The lowest BCUT2D eigenvalue weighted by Gasteiger charge is -2.28. The van der Waals surface area contributed by atoms with Crippen LogP contribution in [0.2, 0.25) is 0 Å². The molecule has 0 aliphatic heterocycles. The molecule has 0 heteroatoms. The van der Waals surface area contributed by atoms with Gasteiger partial charge in [0.2, 0.25) is 0 Å². The second-order valence-corrected chi connectivity index (χ2v) is 18.9. The van der Waals surface area contributed by atoms with Gasteiger partial charge in [0.05, 0.1) is 0 Å². The summed E-state index contributed by atoms with van der Waals surface area (Å²) in [6, 6.07) is 0. The Morgan fingerprint density at radius 3 is 0.796 bits per heavy atom. The number of allylic oxidation sites excluding steroid dienone is 10. The third-order valence-electron chi connectivity index (χ3n) is 8.93. The van der Waals surface area contributed by atoms with E-state index in [1.165, 1.54) is 23.1 Å². The molecule has 0 aromatic carbocycles. The molecule has 294 valence electrons. The van der Waals surface area contributed by atoms with Gasteiger partial charge in [-0.15, -0.1) is 0 Å². The van der Waals surface area contributed by atoms with Crippen LogP contribution in [-0.2, 0) is 0 Å². The summed E-state index contributed by atoms with van der Waals surface area (Å²) < 4.78 is 0. The first-order valence-electron chi connectivity index (χ1n) is 20.1. The van der Waals surface area contributed by atoms with E-state index in [2.05, 4.69) is 213 Å². The minimum Gasteiger partial charge on any atom is -0.0879 e. The molecule has 0 heterocycles. The van der Waals surface area contributed by atoms with Gasteiger partial charge in [0, 0.05) is 0 Å². The number of hydrogen-bond donors (Lipinski definition) is 0. The van der Waals surface area contributed by atoms with Crippen LogP contribution in [0.5, 0.6) is 0 Å². The van der Waals surface area contributed by atoms with Crippen molar-refractivity contribution in [1.29, 1.82) is 0 Å². The van der Waals surface area contributed by atoms with E-state index < -0.39 is 0 Å². The summed E-state index contributed by atoms with van der Waals surface area (Å²) in [7, 11) is 0. The molecular weight excluding hydrogens is 589 g/mol. The van der Waals surface area contributed by atoms with Gasteiger partial charge in [-0.2, -0.15) is 0 Å². The highest BCUT2D eigenvalue weighted by molar-refractivity contribution is 5.19. The molecule has 0 atom stereocenters. The zero-order valence-corrected chi connectivity index (χ0v) is 39.9. The lowest BCUT2D eigenvalue weighted by molar-refractivity contribution is 0.442. The molecule has 0 bridgehead atoms. The van der Waals surface area contributed by atoms with Crippen molar-refractivity contribution in [2.75, 3.05) is 0 Å². The maximum absolute atomic E-state index is 2.29. The summed E-state index contributed by atoms with van der Waals surface area (Å²) >= 11 is 0. The Balaban J connectivity index is -0.000000165. The highest BCUT2D eigenvalue weighted by Crippen LogP contribution is 2.33. The van der Waals surface area contributed by atoms with Gasteiger partial charge >= 0.3 is 0 Å². The monoisotopic (exact) mass is 687 g/mol. The van der Waals surface area contributed by atoms with E-state index in [4.69, 9.17) is 0 Å². The van der Waals surface area contributed by atoms with Crippen molar-refractivity contribution < 1.29 is 0 Å². The fourth-order valence-electron chi connectivity index (χ4n) is 8.32. The van der Waals surface area contributed by atoms with Gasteiger partial charge in [-0.05, 0) is 114 Å². The highest BCUT2D eigenvalue weighted by Gasteiger charge is 2.20. The fraction of sp³-hybridized carbons (Fsp3) is 0.796. The smallest absolute Gasteiger partial charge is 0.0168 e. The van der Waals surface area contributed by atoms with Crippen molar-refractivity contribution in [3.63, 3.8) is 0 Å². The van der Waals surface area contributed by atoms with Crippen molar-refractivity contribution in [2.45, 2.75) is 207 Å². The zero-order valence-electron chi connectivity index (χ0n) is 39.9. The lowest BCUT2D eigenvalue weighted by atomic mass is 9.78. The Kier molecular flexibility index (Phi) is 33.0. The maximum atomic E-state index is 2.29. The summed E-state index contributed by atoms with van der Waals surface area (Å²) in [5, 5.41) is 0. The highest BCUT2D eigenvalue weighted by atomic mass is 14.3. The molecule has 0 N–H and O–H groups in total. The molecule has 0 rings (SSSR count). The quantitative estimate of drug-likeness (QED) is 0.223. The second kappa shape index (κ2) is 28.3. The van der Waals surface area contributed by atoms with Crippen LogP contribution in [0.15, 0.2) is 56.7 Å². The largest absolute Gasteiger partial charge is 0.0879 e.